The van der Waals surface area contributed by atoms with Gasteiger partial charge in [0.1, 0.15) is 5.78 Å². The number of rotatable bonds is 0. The molecule has 2 aliphatic rings. The van der Waals surface area contributed by atoms with E-state index in [0.717, 1.165) is 0 Å². The number of aliphatic hydroxyl groups excluding tert-OH is 2. The molecule has 12 heavy (non-hydrogen) atoms. The van der Waals surface area contributed by atoms with Gasteiger partial charge in [0.15, 0.2) is 0 Å². The van der Waals surface area contributed by atoms with Crippen LogP contribution in [0, 0.1) is 17.8 Å². The first-order valence-electron chi connectivity index (χ1n) is 4.50. The number of Topliss-reactive ketones (excluding diaryl/α,β-unsaturated/α-hetero) is 1. The summed E-state index contributed by atoms with van der Waals surface area (Å²) in [6.45, 7) is 1.86. The molecule has 5 atom stereocenters. The van der Waals surface area contributed by atoms with E-state index in [9.17, 15) is 15.0 Å². The predicted molar refractivity (Wildman–Crippen MR) is 42.4 cm³/mol. The lowest BCUT2D eigenvalue weighted by atomic mass is 9.91. The molecule has 2 rings (SSSR count). The number of fused-ring (bicyclic) bond motifs is 1. The molecule has 0 aliphatic heterocycles. The molecular weight excluding hydrogens is 156 g/mol. The van der Waals surface area contributed by atoms with Crippen LogP contribution < -0.4 is 0 Å². The summed E-state index contributed by atoms with van der Waals surface area (Å²) in [6.07, 6.45) is -0.117. The third-order valence-electron chi connectivity index (χ3n) is 3.43. The Hall–Kier alpha value is -0.410. The molecule has 0 aromatic rings. The van der Waals surface area contributed by atoms with Crippen LogP contribution in [-0.2, 0) is 4.79 Å². The van der Waals surface area contributed by atoms with E-state index in [1.807, 2.05) is 6.92 Å². The second-order valence-corrected chi connectivity index (χ2v) is 4.09. The van der Waals surface area contributed by atoms with E-state index in [1.165, 1.54) is 0 Å². The molecule has 0 bridgehead atoms. The summed E-state index contributed by atoms with van der Waals surface area (Å²) in [6, 6.07) is 0. The summed E-state index contributed by atoms with van der Waals surface area (Å²) in [5.74, 6) is 0.447. The highest BCUT2D eigenvalue weighted by atomic mass is 16.3. The van der Waals surface area contributed by atoms with Crippen molar-refractivity contribution < 1.29 is 15.0 Å². The zero-order chi connectivity index (χ0) is 8.88. The number of carbonyl (C=O) groups excluding carboxylic acids is 1. The average molecular weight is 170 g/mol. The van der Waals surface area contributed by atoms with E-state index in [0.29, 0.717) is 12.8 Å². The minimum absolute atomic E-state index is 0.0208. The van der Waals surface area contributed by atoms with Gasteiger partial charge in [-0.3, -0.25) is 4.79 Å². The van der Waals surface area contributed by atoms with Gasteiger partial charge in [0.05, 0.1) is 12.2 Å². The van der Waals surface area contributed by atoms with Gasteiger partial charge in [-0.25, -0.2) is 0 Å². The van der Waals surface area contributed by atoms with Crippen molar-refractivity contribution >= 4 is 5.78 Å². The lowest BCUT2D eigenvalue weighted by Gasteiger charge is -2.18. The minimum Gasteiger partial charge on any atom is -0.390 e. The fourth-order valence-corrected chi connectivity index (χ4v) is 2.72. The molecule has 0 radical (unpaired) electrons. The normalized spacial score (nSPS) is 52.9. The first kappa shape index (κ1) is 8.20. The van der Waals surface area contributed by atoms with Crippen LogP contribution in [0.5, 0.6) is 0 Å². The third-order valence-corrected chi connectivity index (χ3v) is 3.43. The SMILES string of the molecule is C[C@@H]1C(=O)C[C@H]2C[C@H](O)[C@H](O)[C@H]21. The molecule has 2 N–H and O–H groups in total. The monoisotopic (exact) mass is 170 g/mol. The Bertz CT molecular complexity index is 214. The highest BCUT2D eigenvalue weighted by Gasteiger charge is 2.51. The molecule has 0 saturated heterocycles. The summed E-state index contributed by atoms with van der Waals surface area (Å²) in [5, 5.41) is 18.9. The van der Waals surface area contributed by atoms with Crippen molar-refractivity contribution in [2.45, 2.75) is 32.0 Å². The van der Waals surface area contributed by atoms with Crippen LogP contribution in [0.1, 0.15) is 19.8 Å². The smallest absolute Gasteiger partial charge is 0.136 e. The van der Waals surface area contributed by atoms with Crippen molar-refractivity contribution in [2.24, 2.45) is 17.8 Å². The lowest BCUT2D eigenvalue weighted by Crippen LogP contribution is -2.29. The zero-order valence-electron chi connectivity index (χ0n) is 7.10. The Morgan fingerprint density at radius 1 is 1.42 bits per heavy atom. The molecule has 2 saturated carbocycles. The van der Waals surface area contributed by atoms with E-state index in [1.54, 1.807) is 0 Å². The Kier molecular flexibility index (Phi) is 1.73. The van der Waals surface area contributed by atoms with Crippen molar-refractivity contribution in [3.05, 3.63) is 0 Å². The van der Waals surface area contributed by atoms with E-state index in [2.05, 4.69) is 0 Å². The number of hydrogen-bond acceptors (Lipinski definition) is 3. The van der Waals surface area contributed by atoms with Crippen LogP contribution in [-0.4, -0.2) is 28.2 Å². The fourth-order valence-electron chi connectivity index (χ4n) is 2.72. The van der Waals surface area contributed by atoms with Gasteiger partial charge in [-0.1, -0.05) is 6.92 Å². The molecule has 3 nitrogen and oxygen atoms in total. The molecule has 0 heterocycles. The maximum absolute atomic E-state index is 11.2. The van der Waals surface area contributed by atoms with Crippen LogP contribution in [0.15, 0.2) is 0 Å². The maximum atomic E-state index is 11.2. The van der Waals surface area contributed by atoms with Crippen LogP contribution in [0.2, 0.25) is 0 Å². The fraction of sp³-hybridized carbons (Fsp3) is 0.889. The van der Waals surface area contributed by atoms with Gasteiger partial charge < -0.3 is 10.2 Å². The van der Waals surface area contributed by atoms with Gasteiger partial charge in [0.2, 0.25) is 0 Å². The lowest BCUT2D eigenvalue weighted by molar-refractivity contribution is -0.122. The van der Waals surface area contributed by atoms with Crippen molar-refractivity contribution in [3.8, 4) is 0 Å². The molecule has 68 valence electrons. The van der Waals surface area contributed by atoms with Gasteiger partial charge in [-0.15, -0.1) is 0 Å². The van der Waals surface area contributed by atoms with E-state index in [-0.39, 0.29) is 23.5 Å². The predicted octanol–water partition coefficient (Wildman–Crippen LogP) is -0.0468. The van der Waals surface area contributed by atoms with Crippen LogP contribution in [0.25, 0.3) is 0 Å². The number of hydrogen-bond donors (Lipinski definition) is 2. The maximum Gasteiger partial charge on any atom is 0.136 e. The third kappa shape index (κ3) is 0.930. The summed E-state index contributed by atoms with van der Waals surface area (Å²) >= 11 is 0. The summed E-state index contributed by atoms with van der Waals surface area (Å²) in [5.41, 5.74) is 0. The topological polar surface area (TPSA) is 57.5 Å². The van der Waals surface area contributed by atoms with Gasteiger partial charge >= 0.3 is 0 Å². The highest BCUT2D eigenvalue weighted by molar-refractivity contribution is 5.83. The van der Waals surface area contributed by atoms with E-state index in [4.69, 9.17) is 0 Å². The van der Waals surface area contributed by atoms with E-state index >= 15 is 0 Å². The minimum atomic E-state index is -0.670. The molecule has 0 unspecified atom stereocenters. The molecule has 0 aromatic carbocycles. The second kappa shape index (κ2) is 2.54. The van der Waals surface area contributed by atoms with Gasteiger partial charge in [0.25, 0.3) is 0 Å². The van der Waals surface area contributed by atoms with Crippen LogP contribution >= 0.6 is 0 Å². The first-order chi connectivity index (χ1) is 5.61. The average Bonchev–Trinajstić information content (AvgIpc) is 2.40. The van der Waals surface area contributed by atoms with Gasteiger partial charge in [-0.2, -0.15) is 0 Å². The molecule has 3 heteroatoms. The van der Waals surface area contributed by atoms with Gasteiger partial charge in [-0.05, 0) is 12.3 Å². The quantitative estimate of drug-likeness (QED) is 0.536. The molecule has 2 fully saturated rings. The van der Waals surface area contributed by atoms with Crippen LogP contribution in [0.4, 0.5) is 0 Å². The molecular formula is C9H14O3. The molecule has 0 aromatic heterocycles. The first-order valence-corrected chi connectivity index (χ1v) is 4.50. The standard InChI is InChI=1S/C9H14O3/c1-4-6(10)2-5-3-7(11)9(12)8(4)5/h4-5,7-9,11-12H,2-3H2,1H3/t4-,5+,7+,8+,9+/m1/s1. The number of ketones is 1. The molecule has 0 spiro atoms. The number of carbonyl (C=O) groups is 1. The summed E-state index contributed by atoms with van der Waals surface area (Å²) in [7, 11) is 0. The van der Waals surface area contributed by atoms with Crippen molar-refractivity contribution in [3.63, 3.8) is 0 Å². The van der Waals surface area contributed by atoms with Crippen molar-refractivity contribution in [2.75, 3.05) is 0 Å². The summed E-state index contributed by atoms with van der Waals surface area (Å²) in [4.78, 5) is 11.2. The van der Waals surface area contributed by atoms with Crippen molar-refractivity contribution in [1.82, 2.24) is 0 Å². The largest absolute Gasteiger partial charge is 0.390 e. The Morgan fingerprint density at radius 2 is 2.08 bits per heavy atom. The van der Waals surface area contributed by atoms with Gasteiger partial charge in [0, 0.05) is 18.3 Å². The Labute approximate surface area is 71.4 Å². The zero-order valence-corrected chi connectivity index (χ0v) is 7.10. The van der Waals surface area contributed by atoms with E-state index < -0.39 is 12.2 Å². The Morgan fingerprint density at radius 3 is 2.67 bits per heavy atom. The summed E-state index contributed by atoms with van der Waals surface area (Å²) < 4.78 is 0. The molecule has 0 amide bonds. The highest BCUT2D eigenvalue weighted by Crippen LogP contribution is 2.45. The second-order valence-electron chi connectivity index (χ2n) is 4.09. The molecule has 2 aliphatic carbocycles. The van der Waals surface area contributed by atoms with Crippen molar-refractivity contribution in [1.29, 1.82) is 0 Å². The van der Waals surface area contributed by atoms with Crippen LogP contribution in [0.3, 0.4) is 0 Å². The Balaban J connectivity index is 2.20. The number of aliphatic hydroxyl groups is 2.